The molecule has 3 nitrogen and oxygen atoms in total. The van der Waals surface area contributed by atoms with Crippen LogP contribution in [0.2, 0.25) is 5.02 Å². The van der Waals surface area contributed by atoms with Crippen molar-refractivity contribution < 1.29 is 5.11 Å². The summed E-state index contributed by atoms with van der Waals surface area (Å²) in [6.45, 7) is 0.493. The van der Waals surface area contributed by atoms with Gasteiger partial charge in [0.1, 0.15) is 5.75 Å². The molecule has 0 fully saturated rings. The molecule has 1 atom stereocenters. The molecule has 1 aromatic rings. The van der Waals surface area contributed by atoms with Crippen LogP contribution in [0.3, 0.4) is 0 Å². The van der Waals surface area contributed by atoms with Crippen LogP contribution in [0.25, 0.3) is 0 Å². The monoisotopic (exact) mass is 200 g/mol. The zero-order valence-electron chi connectivity index (χ0n) is 7.20. The fraction of sp³-hybridized carbons (Fsp3) is 0.333. The highest BCUT2D eigenvalue weighted by Gasteiger charge is 2.10. The van der Waals surface area contributed by atoms with Crippen LogP contribution in [0.1, 0.15) is 18.0 Å². The Morgan fingerprint density at radius 1 is 1.46 bits per heavy atom. The molecule has 0 aliphatic heterocycles. The summed E-state index contributed by atoms with van der Waals surface area (Å²) in [7, 11) is 0. The summed E-state index contributed by atoms with van der Waals surface area (Å²) in [6, 6.07) is 4.57. The molecule has 0 aliphatic rings. The van der Waals surface area contributed by atoms with Gasteiger partial charge >= 0.3 is 0 Å². The van der Waals surface area contributed by atoms with Crippen molar-refractivity contribution in [2.75, 3.05) is 6.54 Å². The maximum Gasteiger partial charge on any atom is 0.120 e. The third kappa shape index (κ3) is 2.59. The number of aromatic hydroxyl groups is 1. The van der Waals surface area contributed by atoms with Gasteiger partial charge in [0.2, 0.25) is 0 Å². The number of halogens is 1. The summed E-state index contributed by atoms with van der Waals surface area (Å²) in [4.78, 5) is 0. The van der Waals surface area contributed by atoms with E-state index in [4.69, 9.17) is 23.1 Å². The Labute approximate surface area is 82.3 Å². The molecular weight excluding hydrogens is 188 g/mol. The van der Waals surface area contributed by atoms with Crippen LogP contribution in [-0.4, -0.2) is 11.7 Å². The van der Waals surface area contributed by atoms with Gasteiger partial charge in [0, 0.05) is 16.6 Å². The SMILES string of the molecule is NCC[C@H](N)c1cc(Cl)ccc1O. The first-order valence-electron chi connectivity index (χ1n) is 4.09. The van der Waals surface area contributed by atoms with E-state index in [2.05, 4.69) is 0 Å². The second-order valence-electron chi connectivity index (χ2n) is 2.89. The molecule has 0 radical (unpaired) electrons. The first kappa shape index (κ1) is 10.3. The van der Waals surface area contributed by atoms with Crippen LogP contribution in [0.15, 0.2) is 18.2 Å². The van der Waals surface area contributed by atoms with Crippen LogP contribution in [-0.2, 0) is 0 Å². The summed E-state index contributed by atoms with van der Waals surface area (Å²) < 4.78 is 0. The van der Waals surface area contributed by atoms with Crippen molar-refractivity contribution in [1.29, 1.82) is 0 Å². The van der Waals surface area contributed by atoms with Crippen LogP contribution in [0.5, 0.6) is 5.75 Å². The molecule has 0 saturated heterocycles. The van der Waals surface area contributed by atoms with Gasteiger partial charge in [0.15, 0.2) is 0 Å². The van der Waals surface area contributed by atoms with E-state index in [1.165, 1.54) is 6.07 Å². The summed E-state index contributed by atoms with van der Waals surface area (Å²) in [5.41, 5.74) is 11.8. The number of hydrogen-bond acceptors (Lipinski definition) is 3. The molecule has 4 heteroatoms. The summed E-state index contributed by atoms with van der Waals surface area (Å²) in [5.74, 6) is 0.172. The first-order valence-corrected chi connectivity index (χ1v) is 4.47. The van der Waals surface area contributed by atoms with Crippen molar-refractivity contribution >= 4 is 11.6 Å². The average molecular weight is 201 g/mol. The number of hydrogen-bond donors (Lipinski definition) is 3. The van der Waals surface area contributed by atoms with E-state index < -0.39 is 0 Å². The quantitative estimate of drug-likeness (QED) is 0.691. The molecule has 0 aliphatic carbocycles. The lowest BCUT2D eigenvalue weighted by molar-refractivity contribution is 0.459. The van der Waals surface area contributed by atoms with Crippen molar-refractivity contribution in [2.45, 2.75) is 12.5 Å². The van der Waals surface area contributed by atoms with Crippen molar-refractivity contribution in [1.82, 2.24) is 0 Å². The Hall–Kier alpha value is -0.770. The molecule has 0 aromatic heterocycles. The normalized spacial score (nSPS) is 12.8. The van der Waals surface area contributed by atoms with E-state index in [0.717, 1.165) is 0 Å². The molecule has 0 heterocycles. The van der Waals surface area contributed by atoms with Crippen LogP contribution < -0.4 is 11.5 Å². The highest BCUT2D eigenvalue weighted by Crippen LogP contribution is 2.27. The molecule has 0 spiro atoms. The van der Waals surface area contributed by atoms with Crippen molar-refractivity contribution in [2.24, 2.45) is 11.5 Å². The van der Waals surface area contributed by atoms with Gasteiger partial charge in [-0.3, -0.25) is 0 Å². The second-order valence-corrected chi connectivity index (χ2v) is 3.32. The molecule has 0 amide bonds. The van der Waals surface area contributed by atoms with E-state index in [9.17, 15) is 5.11 Å². The lowest BCUT2D eigenvalue weighted by Gasteiger charge is -2.12. The average Bonchev–Trinajstić information content (AvgIpc) is 2.09. The van der Waals surface area contributed by atoms with E-state index in [1.807, 2.05) is 0 Å². The predicted molar refractivity (Wildman–Crippen MR) is 53.7 cm³/mol. The highest BCUT2D eigenvalue weighted by molar-refractivity contribution is 6.30. The van der Waals surface area contributed by atoms with Gasteiger partial charge in [0.05, 0.1) is 0 Å². The Morgan fingerprint density at radius 3 is 2.77 bits per heavy atom. The maximum atomic E-state index is 9.45. The molecule has 0 saturated carbocycles. The molecule has 1 aromatic carbocycles. The largest absolute Gasteiger partial charge is 0.508 e. The van der Waals surface area contributed by atoms with Gasteiger partial charge in [-0.2, -0.15) is 0 Å². The van der Waals surface area contributed by atoms with Gasteiger partial charge in [0.25, 0.3) is 0 Å². The molecule has 0 bridgehead atoms. The van der Waals surface area contributed by atoms with Crippen LogP contribution in [0.4, 0.5) is 0 Å². The van der Waals surface area contributed by atoms with Gasteiger partial charge in [-0.1, -0.05) is 11.6 Å². The summed E-state index contributed by atoms with van der Waals surface area (Å²) >= 11 is 5.76. The summed E-state index contributed by atoms with van der Waals surface area (Å²) in [6.07, 6.45) is 0.633. The predicted octanol–water partition coefficient (Wildman–Crippen LogP) is 1.39. The highest BCUT2D eigenvalue weighted by atomic mass is 35.5. The van der Waals surface area contributed by atoms with Crippen molar-refractivity contribution in [3.63, 3.8) is 0 Å². The van der Waals surface area contributed by atoms with E-state index in [-0.39, 0.29) is 11.8 Å². The minimum Gasteiger partial charge on any atom is -0.508 e. The zero-order valence-corrected chi connectivity index (χ0v) is 7.96. The standard InChI is InChI=1S/C9H13ClN2O/c10-6-1-2-9(13)7(5-6)8(12)3-4-11/h1-2,5,8,13H,3-4,11-12H2/t8-/m0/s1. The smallest absolute Gasteiger partial charge is 0.120 e. The Bertz CT molecular complexity index is 291. The van der Waals surface area contributed by atoms with Gasteiger partial charge in [-0.25, -0.2) is 0 Å². The van der Waals surface area contributed by atoms with Gasteiger partial charge in [-0.15, -0.1) is 0 Å². The van der Waals surface area contributed by atoms with Crippen molar-refractivity contribution in [3.8, 4) is 5.75 Å². The lowest BCUT2D eigenvalue weighted by atomic mass is 10.0. The van der Waals surface area contributed by atoms with E-state index in [1.54, 1.807) is 12.1 Å². The fourth-order valence-electron chi connectivity index (χ4n) is 1.16. The van der Waals surface area contributed by atoms with Gasteiger partial charge in [-0.05, 0) is 31.2 Å². The van der Waals surface area contributed by atoms with Crippen LogP contribution >= 0.6 is 11.6 Å². The topological polar surface area (TPSA) is 72.3 Å². The van der Waals surface area contributed by atoms with Crippen LogP contribution in [0, 0.1) is 0 Å². The zero-order chi connectivity index (χ0) is 9.84. The first-order chi connectivity index (χ1) is 6.15. The summed E-state index contributed by atoms with van der Waals surface area (Å²) in [5, 5.41) is 10.0. The number of benzene rings is 1. The molecule has 13 heavy (non-hydrogen) atoms. The van der Waals surface area contributed by atoms with Crippen molar-refractivity contribution in [3.05, 3.63) is 28.8 Å². The number of nitrogens with two attached hydrogens (primary N) is 2. The third-order valence-corrected chi connectivity index (χ3v) is 2.10. The maximum absolute atomic E-state index is 9.45. The minimum absolute atomic E-state index is 0.172. The molecule has 5 N–H and O–H groups in total. The second kappa shape index (κ2) is 4.46. The Morgan fingerprint density at radius 2 is 2.15 bits per heavy atom. The molecule has 1 rings (SSSR count). The number of rotatable bonds is 3. The fourth-order valence-corrected chi connectivity index (χ4v) is 1.34. The third-order valence-electron chi connectivity index (χ3n) is 1.87. The Balaban J connectivity index is 2.91. The van der Waals surface area contributed by atoms with E-state index in [0.29, 0.717) is 23.6 Å². The molecular formula is C9H13ClN2O. The molecule has 0 unspecified atom stereocenters. The van der Waals surface area contributed by atoms with E-state index >= 15 is 0 Å². The van der Waals surface area contributed by atoms with Gasteiger partial charge < -0.3 is 16.6 Å². The lowest BCUT2D eigenvalue weighted by Crippen LogP contribution is -2.15. The number of phenols is 1. The minimum atomic E-state index is -0.247. The Kier molecular flexibility index (Phi) is 3.54. The molecule has 72 valence electrons. The number of phenolic OH excluding ortho intramolecular Hbond substituents is 1.